The maximum absolute atomic E-state index is 12.0. The van der Waals surface area contributed by atoms with E-state index in [0.717, 1.165) is 8.47 Å². The van der Waals surface area contributed by atoms with Crippen molar-refractivity contribution in [3.05, 3.63) is 49.9 Å². The van der Waals surface area contributed by atoms with Gasteiger partial charge in [0.2, 0.25) is 0 Å². The van der Waals surface area contributed by atoms with Crippen molar-refractivity contribution in [1.29, 1.82) is 0 Å². The molecule has 0 N–H and O–H groups in total. The lowest BCUT2D eigenvalue weighted by molar-refractivity contribution is 0.0970. The highest BCUT2D eigenvalue weighted by Crippen LogP contribution is 2.22. The standard InChI is InChI=1S/C11H7BrN4O2S/c12-9-2-1-8(19-9)7(17)6-16-11(18)15-4-3-13-5-10(15)14-16/h1-5H,6H2. The van der Waals surface area contributed by atoms with Crippen LogP contribution >= 0.6 is 27.3 Å². The Bertz CT molecular complexity index is 819. The van der Waals surface area contributed by atoms with Crippen LogP contribution in [0.5, 0.6) is 0 Å². The Hall–Kier alpha value is -1.80. The molecule has 19 heavy (non-hydrogen) atoms. The van der Waals surface area contributed by atoms with Gasteiger partial charge in [0, 0.05) is 12.4 Å². The van der Waals surface area contributed by atoms with Crippen molar-refractivity contribution in [2.45, 2.75) is 6.54 Å². The molecule has 0 amide bonds. The van der Waals surface area contributed by atoms with Crippen molar-refractivity contribution in [2.24, 2.45) is 0 Å². The van der Waals surface area contributed by atoms with Crippen LogP contribution in [-0.4, -0.2) is 24.9 Å². The Morgan fingerprint density at radius 3 is 2.95 bits per heavy atom. The van der Waals surface area contributed by atoms with Gasteiger partial charge in [0.1, 0.15) is 6.54 Å². The second-order valence-electron chi connectivity index (χ2n) is 3.77. The minimum absolute atomic E-state index is 0.0759. The third-order valence-electron chi connectivity index (χ3n) is 2.53. The third-order valence-corrected chi connectivity index (χ3v) is 4.19. The summed E-state index contributed by atoms with van der Waals surface area (Å²) in [5.41, 5.74) is 0.0778. The van der Waals surface area contributed by atoms with E-state index in [1.54, 1.807) is 12.1 Å². The van der Waals surface area contributed by atoms with Crippen LogP contribution < -0.4 is 5.69 Å². The molecule has 0 aliphatic heterocycles. The molecule has 0 aliphatic carbocycles. The summed E-state index contributed by atoms with van der Waals surface area (Å²) in [6.45, 7) is -0.0759. The van der Waals surface area contributed by atoms with Crippen molar-refractivity contribution in [3.8, 4) is 0 Å². The molecule has 0 aromatic carbocycles. The topological polar surface area (TPSA) is 69.3 Å². The first-order valence-corrected chi connectivity index (χ1v) is 6.94. The summed E-state index contributed by atoms with van der Waals surface area (Å²) < 4.78 is 3.37. The number of Topliss-reactive ketones (excluding diaryl/α,β-unsaturated/α-hetero) is 1. The number of carbonyl (C=O) groups is 1. The van der Waals surface area contributed by atoms with Crippen molar-refractivity contribution in [1.82, 2.24) is 19.2 Å². The molecule has 0 fully saturated rings. The average Bonchev–Trinajstić information content (AvgIpc) is 2.96. The molecule has 0 radical (unpaired) electrons. The van der Waals surface area contributed by atoms with Crippen LogP contribution in [0.15, 0.2) is 39.3 Å². The quantitative estimate of drug-likeness (QED) is 0.680. The van der Waals surface area contributed by atoms with Gasteiger partial charge >= 0.3 is 5.69 Å². The number of rotatable bonds is 3. The normalized spacial score (nSPS) is 11.0. The van der Waals surface area contributed by atoms with Crippen LogP contribution in [0.4, 0.5) is 0 Å². The maximum atomic E-state index is 12.0. The van der Waals surface area contributed by atoms with Crippen LogP contribution in [0, 0.1) is 0 Å². The second kappa shape index (κ2) is 4.71. The van der Waals surface area contributed by atoms with Crippen LogP contribution in [0.3, 0.4) is 0 Å². The number of thiophene rings is 1. The smallest absolute Gasteiger partial charge is 0.291 e. The number of aromatic nitrogens is 4. The van der Waals surface area contributed by atoms with Crippen LogP contribution in [0.1, 0.15) is 9.67 Å². The number of carbonyl (C=O) groups excluding carboxylic acids is 1. The van der Waals surface area contributed by atoms with Crippen molar-refractivity contribution in [3.63, 3.8) is 0 Å². The summed E-state index contributed by atoms with van der Waals surface area (Å²) in [6, 6.07) is 3.52. The summed E-state index contributed by atoms with van der Waals surface area (Å²) in [5.74, 6) is -0.144. The lowest BCUT2D eigenvalue weighted by atomic mass is 10.3. The monoisotopic (exact) mass is 338 g/mol. The van der Waals surface area contributed by atoms with Gasteiger partial charge in [0.25, 0.3) is 0 Å². The van der Waals surface area contributed by atoms with E-state index < -0.39 is 0 Å². The van der Waals surface area contributed by atoms with Crippen molar-refractivity contribution >= 4 is 38.7 Å². The van der Waals surface area contributed by atoms with Crippen molar-refractivity contribution in [2.75, 3.05) is 0 Å². The Morgan fingerprint density at radius 1 is 1.42 bits per heavy atom. The largest absolute Gasteiger partial charge is 0.350 e. The van der Waals surface area contributed by atoms with Gasteiger partial charge in [-0.15, -0.1) is 16.4 Å². The van der Waals surface area contributed by atoms with Gasteiger partial charge in [0.15, 0.2) is 11.4 Å². The fourth-order valence-electron chi connectivity index (χ4n) is 1.66. The zero-order chi connectivity index (χ0) is 13.4. The van der Waals surface area contributed by atoms with E-state index in [1.807, 2.05) is 0 Å². The highest BCUT2D eigenvalue weighted by atomic mass is 79.9. The fraction of sp³-hybridized carbons (Fsp3) is 0.0909. The zero-order valence-electron chi connectivity index (χ0n) is 9.49. The van der Waals surface area contributed by atoms with Gasteiger partial charge in [-0.1, -0.05) is 0 Å². The summed E-state index contributed by atoms with van der Waals surface area (Å²) in [6.07, 6.45) is 4.50. The molecule has 0 bridgehead atoms. The van der Waals surface area contributed by atoms with E-state index in [2.05, 4.69) is 26.0 Å². The summed E-state index contributed by atoms with van der Waals surface area (Å²) >= 11 is 4.63. The molecule has 3 aromatic heterocycles. The molecule has 0 atom stereocenters. The van der Waals surface area contributed by atoms with E-state index >= 15 is 0 Å². The highest BCUT2D eigenvalue weighted by Gasteiger charge is 2.13. The molecular weight excluding hydrogens is 332 g/mol. The molecule has 3 heterocycles. The predicted octanol–water partition coefficient (Wildman–Crippen LogP) is 1.60. The lowest BCUT2D eigenvalue weighted by Gasteiger charge is -1.95. The second-order valence-corrected chi connectivity index (χ2v) is 6.23. The molecule has 3 aromatic rings. The van der Waals surface area contributed by atoms with E-state index in [1.165, 1.54) is 34.3 Å². The Labute approximate surface area is 119 Å². The molecule has 8 heteroatoms. The number of fused-ring (bicyclic) bond motifs is 1. The molecule has 6 nitrogen and oxygen atoms in total. The van der Waals surface area contributed by atoms with Gasteiger partial charge in [-0.05, 0) is 28.1 Å². The lowest BCUT2D eigenvalue weighted by Crippen LogP contribution is -2.24. The molecule has 0 aliphatic rings. The van der Waals surface area contributed by atoms with Gasteiger partial charge in [-0.3, -0.25) is 9.78 Å². The van der Waals surface area contributed by atoms with Crippen LogP contribution in [0.25, 0.3) is 5.65 Å². The first-order chi connectivity index (χ1) is 9.15. The van der Waals surface area contributed by atoms with Crippen molar-refractivity contribution < 1.29 is 4.79 Å². The van der Waals surface area contributed by atoms with E-state index in [-0.39, 0.29) is 18.0 Å². The zero-order valence-corrected chi connectivity index (χ0v) is 11.9. The van der Waals surface area contributed by atoms with E-state index in [4.69, 9.17) is 0 Å². The minimum atomic E-state index is -0.346. The first-order valence-electron chi connectivity index (χ1n) is 5.33. The number of ketones is 1. The molecule has 96 valence electrons. The van der Waals surface area contributed by atoms with Gasteiger partial charge in [-0.25, -0.2) is 13.9 Å². The molecule has 0 saturated carbocycles. The number of halogens is 1. The maximum Gasteiger partial charge on any atom is 0.350 e. The molecule has 0 spiro atoms. The van der Waals surface area contributed by atoms with Crippen LogP contribution in [0.2, 0.25) is 0 Å². The van der Waals surface area contributed by atoms with Gasteiger partial charge in [0.05, 0.1) is 14.9 Å². The van der Waals surface area contributed by atoms with Crippen LogP contribution in [-0.2, 0) is 6.54 Å². The Kier molecular flexibility index (Phi) is 3.03. The summed E-state index contributed by atoms with van der Waals surface area (Å²) in [5, 5.41) is 4.06. The highest BCUT2D eigenvalue weighted by molar-refractivity contribution is 9.11. The van der Waals surface area contributed by atoms with E-state index in [9.17, 15) is 9.59 Å². The summed E-state index contributed by atoms with van der Waals surface area (Å²) in [4.78, 5) is 28.5. The minimum Gasteiger partial charge on any atom is -0.291 e. The molecule has 3 rings (SSSR count). The first kappa shape index (κ1) is 12.2. The number of hydrogen-bond acceptors (Lipinski definition) is 5. The predicted molar refractivity (Wildman–Crippen MR) is 73.6 cm³/mol. The Balaban J connectivity index is 1.95. The molecule has 0 unspecified atom stereocenters. The molecule has 0 saturated heterocycles. The third kappa shape index (κ3) is 2.24. The average molecular weight is 339 g/mol. The SMILES string of the molecule is O=C(Cn1nc2cnccn2c1=O)c1ccc(Br)s1. The summed E-state index contributed by atoms with van der Waals surface area (Å²) in [7, 11) is 0. The molecular formula is C11H7BrN4O2S. The Morgan fingerprint density at radius 2 is 2.26 bits per heavy atom. The van der Waals surface area contributed by atoms with Gasteiger partial charge in [-0.2, -0.15) is 0 Å². The van der Waals surface area contributed by atoms with E-state index in [0.29, 0.717) is 10.5 Å². The fourth-order valence-corrected chi connectivity index (χ4v) is 2.98. The van der Waals surface area contributed by atoms with Gasteiger partial charge < -0.3 is 0 Å². The number of nitrogens with zero attached hydrogens (tertiary/aromatic N) is 4. The number of hydrogen-bond donors (Lipinski definition) is 0.